The molecule has 0 aromatic rings. The van der Waals surface area contributed by atoms with E-state index in [1.165, 1.54) is 6.08 Å². The summed E-state index contributed by atoms with van der Waals surface area (Å²) < 4.78 is 13.5. The van der Waals surface area contributed by atoms with Crippen LogP contribution < -0.4 is 0 Å². The zero-order chi connectivity index (χ0) is 19.4. The van der Waals surface area contributed by atoms with Crippen LogP contribution in [0.15, 0.2) is 36.9 Å². The van der Waals surface area contributed by atoms with E-state index in [1.54, 1.807) is 13.8 Å². The summed E-state index contributed by atoms with van der Waals surface area (Å²) in [6.07, 6.45) is 4.29. The Balaban J connectivity index is -0.000000278. The molecule has 0 aliphatic heterocycles. The molecule has 0 aliphatic rings. The molecule has 0 unspecified atom stereocenters. The molecule has 0 atom stereocenters. The first-order chi connectivity index (χ1) is 11.3. The van der Waals surface area contributed by atoms with Crippen molar-refractivity contribution in [1.82, 2.24) is 0 Å². The molecule has 0 aromatic heterocycles. The minimum absolute atomic E-state index is 0.0770. The summed E-state index contributed by atoms with van der Waals surface area (Å²) in [6.45, 7) is 16.4. The van der Waals surface area contributed by atoms with E-state index in [4.69, 9.17) is 11.6 Å². The summed E-state index contributed by atoms with van der Waals surface area (Å²) in [7, 11) is 0. The van der Waals surface area contributed by atoms with Crippen LogP contribution in [0.5, 0.6) is 0 Å². The molecule has 0 N–H and O–H groups in total. The van der Waals surface area contributed by atoms with E-state index in [0.717, 1.165) is 18.9 Å². The molecule has 0 aliphatic carbocycles. The summed E-state index contributed by atoms with van der Waals surface area (Å²) in [5.41, 5.74) is 0. The van der Waals surface area contributed by atoms with E-state index < -0.39 is 5.97 Å². The first-order valence-corrected chi connectivity index (χ1v) is 7.78. The van der Waals surface area contributed by atoms with Gasteiger partial charge in [0.2, 0.25) is 0 Å². The second kappa shape index (κ2) is 20.9. The molecule has 24 heavy (non-hydrogen) atoms. The normalized spacial score (nSPS) is 8.17. The third-order valence-electron chi connectivity index (χ3n) is 1.86. The second-order valence-corrected chi connectivity index (χ2v) is 4.26. The van der Waals surface area contributed by atoms with Crippen LogP contribution in [-0.2, 0) is 28.6 Å². The third-order valence-corrected chi connectivity index (χ3v) is 2.01. The predicted molar refractivity (Wildman–Crippen MR) is 94.5 cm³/mol. The van der Waals surface area contributed by atoms with E-state index >= 15 is 0 Å². The van der Waals surface area contributed by atoms with Gasteiger partial charge in [0.25, 0.3) is 0 Å². The van der Waals surface area contributed by atoms with Gasteiger partial charge >= 0.3 is 17.9 Å². The molecule has 0 saturated carbocycles. The highest BCUT2D eigenvalue weighted by Gasteiger charge is 2.01. The summed E-state index contributed by atoms with van der Waals surface area (Å²) in [5, 5.41) is -0.0770. The number of rotatable bonds is 8. The van der Waals surface area contributed by atoms with Gasteiger partial charge < -0.3 is 14.2 Å². The molecule has 0 spiro atoms. The van der Waals surface area contributed by atoms with Gasteiger partial charge in [0.1, 0.15) is 5.03 Å². The molecule has 6 nitrogen and oxygen atoms in total. The van der Waals surface area contributed by atoms with Gasteiger partial charge in [0.15, 0.2) is 0 Å². The lowest BCUT2D eigenvalue weighted by atomic mass is 10.4. The molecule has 0 bridgehead atoms. The minimum atomic E-state index is -0.547. The molecule has 0 saturated heterocycles. The first-order valence-electron chi connectivity index (χ1n) is 7.40. The van der Waals surface area contributed by atoms with Crippen LogP contribution in [0.4, 0.5) is 0 Å². The van der Waals surface area contributed by atoms with E-state index in [0.29, 0.717) is 19.8 Å². The molecule has 0 aromatic carbocycles. The number of esters is 3. The van der Waals surface area contributed by atoms with Crippen LogP contribution in [0.1, 0.15) is 33.6 Å². The Bertz CT molecular complexity index is 404. The van der Waals surface area contributed by atoms with Crippen molar-refractivity contribution in [2.45, 2.75) is 33.6 Å². The van der Waals surface area contributed by atoms with Crippen molar-refractivity contribution in [3.05, 3.63) is 36.9 Å². The number of carbonyl (C=O) groups is 3. The molecular formula is C17H27ClO6. The quantitative estimate of drug-likeness (QED) is 0.284. The number of carbonyl (C=O) groups excluding carboxylic acids is 3. The van der Waals surface area contributed by atoms with Gasteiger partial charge in [-0.1, -0.05) is 44.7 Å². The van der Waals surface area contributed by atoms with Crippen LogP contribution in [0.25, 0.3) is 0 Å². The highest BCUT2D eigenvalue weighted by atomic mass is 35.5. The van der Waals surface area contributed by atoms with Crippen LogP contribution in [-0.4, -0.2) is 37.7 Å². The van der Waals surface area contributed by atoms with Crippen molar-refractivity contribution < 1.29 is 28.6 Å². The molecule has 138 valence electrons. The van der Waals surface area contributed by atoms with E-state index in [2.05, 4.69) is 33.9 Å². The van der Waals surface area contributed by atoms with Crippen molar-refractivity contribution in [1.29, 1.82) is 0 Å². The van der Waals surface area contributed by atoms with Crippen LogP contribution in [0.3, 0.4) is 0 Å². The zero-order valence-electron chi connectivity index (χ0n) is 14.6. The van der Waals surface area contributed by atoms with Crippen molar-refractivity contribution in [3.63, 3.8) is 0 Å². The number of hydrogen-bond donors (Lipinski definition) is 0. The van der Waals surface area contributed by atoms with E-state index in [9.17, 15) is 14.4 Å². The van der Waals surface area contributed by atoms with Gasteiger partial charge in [-0.25, -0.2) is 14.4 Å². The summed E-state index contributed by atoms with van der Waals surface area (Å²) in [5.74, 6) is -1.24. The Kier molecular flexibility index (Phi) is 23.4. The molecule has 0 fully saturated rings. The predicted octanol–water partition coefficient (Wildman–Crippen LogP) is 3.55. The molecule has 0 heterocycles. The van der Waals surface area contributed by atoms with Gasteiger partial charge in [-0.2, -0.15) is 0 Å². The van der Waals surface area contributed by atoms with Crippen LogP contribution in [0, 0.1) is 0 Å². The molecule has 0 amide bonds. The fourth-order valence-corrected chi connectivity index (χ4v) is 0.841. The Morgan fingerprint density at radius 2 is 1.38 bits per heavy atom. The number of halogens is 1. The SMILES string of the molecule is C=C(Cl)C(=O)OCC.C=CC(=O)OCC.C=CC(=O)OCCCC. The maximum Gasteiger partial charge on any atom is 0.349 e. The number of unbranched alkanes of at least 4 members (excludes halogenated alkanes) is 1. The Hall–Kier alpha value is -2.08. The maximum absolute atomic E-state index is 10.3. The molecule has 0 radical (unpaired) electrons. The summed E-state index contributed by atoms with van der Waals surface area (Å²) >= 11 is 5.14. The highest BCUT2D eigenvalue weighted by Crippen LogP contribution is 1.98. The first kappa shape index (κ1) is 26.8. The van der Waals surface area contributed by atoms with Gasteiger partial charge in [-0.3, -0.25) is 0 Å². The number of hydrogen-bond acceptors (Lipinski definition) is 6. The fraction of sp³-hybridized carbons (Fsp3) is 0.471. The topological polar surface area (TPSA) is 78.9 Å². The molecule has 7 heteroatoms. The molecular weight excluding hydrogens is 336 g/mol. The van der Waals surface area contributed by atoms with Crippen LogP contribution in [0.2, 0.25) is 0 Å². The average Bonchev–Trinajstić information content (AvgIpc) is 2.56. The maximum atomic E-state index is 10.3. The van der Waals surface area contributed by atoms with Gasteiger partial charge in [0.05, 0.1) is 19.8 Å². The van der Waals surface area contributed by atoms with Crippen molar-refractivity contribution >= 4 is 29.5 Å². The largest absolute Gasteiger partial charge is 0.463 e. The highest BCUT2D eigenvalue weighted by molar-refractivity contribution is 6.40. The standard InChI is InChI=1S/C7H12O2.C5H7ClO2.C5H8O2/c1-3-5-6-9-7(8)4-2;1-3-8-5(7)4(2)6;1-3-5(6)7-4-2/h4H,2-3,5-6H2,1H3;2-3H2,1H3;3H,1,4H2,2H3. The smallest absolute Gasteiger partial charge is 0.349 e. The lowest BCUT2D eigenvalue weighted by molar-refractivity contribution is -0.138. The van der Waals surface area contributed by atoms with Crippen molar-refractivity contribution in [2.24, 2.45) is 0 Å². The van der Waals surface area contributed by atoms with Gasteiger partial charge in [0, 0.05) is 12.2 Å². The minimum Gasteiger partial charge on any atom is -0.463 e. The fourth-order valence-electron chi connectivity index (χ4n) is 0.787. The Morgan fingerprint density at radius 1 is 0.917 bits per heavy atom. The summed E-state index contributed by atoms with van der Waals surface area (Å²) in [4.78, 5) is 30.7. The zero-order valence-corrected chi connectivity index (χ0v) is 15.4. The number of ether oxygens (including phenoxy) is 3. The van der Waals surface area contributed by atoms with E-state index in [-0.39, 0.29) is 17.0 Å². The van der Waals surface area contributed by atoms with Gasteiger partial charge in [-0.15, -0.1) is 0 Å². The summed E-state index contributed by atoms with van der Waals surface area (Å²) in [6, 6.07) is 0. The second-order valence-electron chi connectivity index (χ2n) is 3.81. The monoisotopic (exact) mass is 362 g/mol. The van der Waals surface area contributed by atoms with Gasteiger partial charge in [-0.05, 0) is 20.3 Å². The third kappa shape index (κ3) is 24.9. The lowest BCUT2D eigenvalue weighted by Crippen LogP contribution is -2.01. The van der Waals surface area contributed by atoms with Crippen LogP contribution >= 0.6 is 11.6 Å². The average molecular weight is 363 g/mol. The Labute approximate surface area is 149 Å². The van der Waals surface area contributed by atoms with E-state index in [1.807, 2.05) is 6.92 Å². The lowest BCUT2D eigenvalue weighted by Gasteiger charge is -1.97. The Morgan fingerprint density at radius 3 is 1.62 bits per heavy atom. The van der Waals surface area contributed by atoms with Crippen molar-refractivity contribution in [2.75, 3.05) is 19.8 Å². The van der Waals surface area contributed by atoms with Crippen molar-refractivity contribution in [3.8, 4) is 0 Å². The molecule has 0 rings (SSSR count).